The molecule has 0 aliphatic carbocycles. The van der Waals surface area contributed by atoms with E-state index in [1.54, 1.807) is 60.4 Å². The average molecular weight is 671 g/mol. The van der Waals surface area contributed by atoms with Gasteiger partial charge < -0.3 is 40.9 Å². The van der Waals surface area contributed by atoms with E-state index in [0.717, 1.165) is 11.1 Å². The van der Waals surface area contributed by atoms with Crippen molar-refractivity contribution in [3.05, 3.63) is 101 Å². The van der Waals surface area contributed by atoms with Gasteiger partial charge in [-0.3, -0.25) is 19.2 Å². The molecule has 12 nitrogen and oxygen atoms in total. The number of anilines is 3. The molecule has 2 aliphatic rings. The fourth-order valence-corrected chi connectivity index (χ4v) is 6.22. The first-order chi connectivity index (χ1) is 23.3. The zero-order chi connectivity index (χ0) is 35.5. The third-order valence-corrected chi connectivity index (χ3v) is 9.12. The van der Waals surface area contributed by atoms with Crippen molar-refractivity contribution >= 4 is 40.7 Å². The van der Waals surface area contributed by atoms with Gasteiger partial charge in [-0.15, -0.1) is 0 Å². The summed E-state index contributed by atoms with van der Waals surface area (Å²) in [6, 6.07) is 18.9. The Morgan fingerprint density at radius 1 is 0.918 bits per heavy atom. The van der Waals surface area contributed by atoms with E-state index in [4.69, 9.17) is 0 Å². The number of amides is 4. The predicted molar refractivity (Wildman–Crippen MR) is 183 cm³/mol. The van der Waals surface area contributed by atoms with Gasteiger partial charge in [-0.1, -0.05) is 55.5 Å². The van der Waals surface area contributed by atoms with Crippen molar-refractivity contribution in [2.24, 2.45) is 5.92 Å². The van der Waals surface area contributed by atoms with E-state index in [-0.39, 0.29) is 42.8 Å². The molecule has 0 aromatic heterocycles. The largest absolute Gasteiger partial charge is 0.394 e. The number of carbonyl (C=O) groups is 4. The van der Waals surface area contributed by atoms with Crippen LogP contribution in [0.25, 0.3) is 0 Å². The Bertz CT molecular complexity index is 1760. The van der Waals surface area contributed by atoms with Crippen LogP contribution in [0.4, 0.5) is 17.1 Å². The second kappa shape index (κ2) is 14.7. The smallest absolute Gasteiger partial charge is 0.264 e. The minimum Gasteiger partial charge on any atom is -0.394 e. The molecule has 49 heavy (non-hydrogen) atoms. The van der Waals surface area contributed by atoms with Crippen LogP contribution in [0.2, 0.25) is 0 Å². The number of aliphatic hydroxyl groups excluding tert-OH is 3. The summed E-state index contributed by atoms with van der Waals surface area (Å²) in [7, 11) is 0. The van der Waals surface area contributed by atoms with E-state index in [1.807, 2.05) is 24.3 Å². The van der Waals surface area contributed by atoms with Crippen LogP contribution in [0.1, 0.15) is 49.4 Å². The molecule has 5 rings (SSSR count). The molecule has 4 amide bonds. The van der Waals surface area contributed by atoms with Crippen molar-refractivity contribution in [2.75, 3.05) is 22.1 Å². The molecule has 2 heterocycles. The van der Waals surface area contributed by atoms with Gasteiger partial charge in [0, 0.05) is 35.8 Å². The zero-order valence-corrected chi connectivity index (χ0v) is 27.7. The number of hydrogen-bond acceptors (Lipinski definition) is 8. The molecule has 0 spiro atoms. The van der Waals surface area contributed by atoms with Gasteiger partial charge in [-0.2, -0.15) is 0 Å². The Labute approximate surface area is 284 Å². The molecule has 0 fully saturated rings. The van der Waals surface area contributed by atoms with Gasteiger partial charge in [-0.25, -0.2) is 0 Å². The number of benzene rings is 3. The molecule has 0 saturated carbocycles. The van der Waals surface area contributed by atoms with Gasteiger partial charge in [0.1, 0.15) is 12.2 Å². The highest BCUT2D eigenvalue weighted by molar-refractivity contribution is 6.08. The standard InChI is InChI=1S/C37H42N4O8/c1-22(7-6-10-33(45)40-20-27-9-5-4-8-26(27)17-30(40)21-42)37(49)31-18-29(39-35(47)24(3)44)15-16-32(31)41(36(37)48)19-25-11-13-28(14-12-25)38-34(46)23(2)43/h4-9,11-16,18,22-24,30,42-44,49H,10,17,19-21H2,1-3H3,(H,38,46)(H,39,47)/b7-6+/t22-,23+,24+,30+,37+/m1/s1. The second-order valence-corrected chi connectivity index (χ2v) is 12.7. The molecular formula is C37H42N4O8. The third-order valence-electron chi connectivity index (χ3n) is 9.12. The van der Waals surface area contributed by atoms with Crippen LogP contribution in [-0.2, 0) is 44.3 Å². The summed E-state index contributed by atoms with van der Waals surface area (Å²) >= 11 is 0. The van der Waals surface area contributed by atoms with E-state index in [2.05, 4.69) is 10.6 Å². The summed E-state index contributed by atoms with van der Waals surface area (Å²) in [5.74, 6) is -2.82. The molecule has 5 atom stereocenters. The second-order valence-electron chi connectivity index (χ2n) is 12.7. The lowest BCUT2D eigenvalue weighted by Gasteiger charge is -2.36. The van der Waals surface area contributed by atoms with Crippen LogP contribution in [0.5, 0.6) is 0 Å². The van der Waals surface area contributed by atoms with Gasteiger partial charge in [0.15, 0.2) is 5.60 Å². The molecule has 3 aromatic rings. The zero-order valence-electron chi connectivity index (χ0n) is 27.7. The van der Waals surface area contributed by atoms with E-state index in [1.165, 1.54) is 24.8 Å². The predicted octanol–water partition coefficient (Wildman–Crippen LogP) is 2.59. The van der Waals surface area contributed by atoms with Crippen molar-refractivity contribution < 1.29 is 39.6 Å². The van der Waals surface area contributed by atoms with Crippen molar-refractivity contribution in [1.82, 2.24) is 4.90 Å². The van der Waals surface area contributed by atoms with E-state index < -0.39 is 41.4 Å². The SMILES string of the molecule is C[C@H](O)C(=O)Nc1ccc(CN2C(=O)[C@](O)([C@H](C)/C=C/CC(=O)N3Cc4ccccc4C[C@H]3CO)c3cc(NC(=O)[C@H](C)O)ccc32)cc1. The van der Waals surface area contributed by atoms with Gasteiger partial charge >= 0.3 is 0 Å². The molecule has 6 N–H and O–H groups in total. The lowest BCUT2D eigenvalue weighted by molar-refractivity contribution is -0.139. The Hall–Kier alpha value is -4.88. The molecule has 0 saturated heterocycles. The maximum Gasteiger partial charge on any atom is 0.264 e. The van der Waals surface area contributed by atoms with Crippen molar-refractivity contribution in [3.63, 3.8) is 0 Å². The number of aliphatic hydroxyl groups is 4. The fraction of sp³-hybridized carbons (Fsp3) is 0.351. The summed E-state index contributed by atoms with van der Waals surface area (Å²) in [6.45, 7) is 4.63. The van der Waals surface area contributed by atoms with E-state index >= 15 is 0 Å². The Kier molecular flexibility index (Phi) is 10.6. The van der Waals surface area contributed by atoms with Crippen LogP contribution in [0.15, 0.2) is 78.9 Å². The summed E-state index contributed by atoms with van der Waals surface area (Å²) in [4.78, 5) is 54.7. The monoisotopic (exact) mass is 670 g/mol. The van der Waals surface area contributed by atoms with Crippen LogP contribution < -0.4 is 15.5 Å². The Morgan fingerprint density at radius 2 is 1.53 bits per heavy atom. The third kappa shape index (κ3) is 7.42. The van der Waals surface area contributed by atoms with Gasteiger partial charge in [0.2, 0.25) is 5.91 Å². The summed E-state index contributed by atoms with van der Waals surface area (Å²) in [6.07, 6.45) is 1.32. The number of hydrogen-bond donors (Lipinski definition) is 6. The molecule has 2 aliphatic heterocycles. The topological polar surface area (TPSA) is 180 Å². The first-order valence-corrected chi connectivity index (χ1v) is 16.2. The average Bonchev–Trinajstić information content (AvgIpc) is 3.30. The summed E-state index contributed by atoms with van der Waals surface area (Å²) < 4.78 is 0. The molecule has 3 aromatic carbocycles. The number of nitrogens with one attached hydrogen (secondary N) is 2. The number of fused-ring (bicyclic) bond motifs is 2. The minimum absolute atomic E-state index is 0.00766. The fourth-order valence-electron chi connectivity index (χ4n) is 6.22. The van der Waals surface area contributed by atoms with Crippen LogP contribution >= 0.6 is 0 Å². The lowest BCUT2D eigenvalue weighted by Crippen LogP contribution is -2.46. The molecule has 12 heteroatoms. The summed E-state index contributed by atoms with van der Waals surface area (Å²) in [5, 5.41) is 46.6. The normalized spacial score (nSPS) is 20.4. The Balaban J connectivity index is 1.38. The van der Waals surface area contributed by atoms with Crippen LogP contribution in [0, 0.1) is 5.92 Å². The van der Waals surface area contributed by atoms with Crippen molar-refractivity contribution in [3.8, 4) is 0 Å². The van der Waals surface area contributed by atoms with E-state index in [9.17, 15) is 39.6 Å². The Morgan fingerprint density at radius 3 is 2.16 bits per heavy atom. The van der Waals surface area contributed by atoms with Crippen LogP contribution in [0.3, 0.4) is 0 Å². The molecule has 0 radical (unpaired) electrons. The van der Waals surface area contributed by atoms with Gasteiger partial charge in [0.05, 0.1) is 24.9 Å². The highest BCUT2D eigenvalue weighted by Gasteiger charge is 2.52. The maximum absolute atomic E-state index is 14.1. The summed E-state index contributed by atoms with van der Waals surface area (Å²) in [5.41, 5.74) is 2.17. The minimum atomic E-state index is -2.07. The highest BCUT2D eigenvalue weighted by atomic mass is 16.3. The van der Waals surface area contributed by atoms with Crippen molar-refractivity contribution in [2.45, 2.75) is 70.6 Å². The first-order valence-electron chi connectivity index (χ1n) is 16.2. The number of nitrogens with zero attached hydrogens (tertiary/aromatic N) is 2. The van der Waals surface area contributed by atoms with E-state index in [0.29, 0.717) is 29.9 Å². The molecule has 258 valence electrons. The molecular weight excluding hydrogens is 628 g/mol. The van der Waals surface area contributed by atoms with Gasteiger partial charge in [-0.05, 0) is 67.3 Å². The quantitative estimate of drug-likeness (QED) is 0.169. The number of rotatable bonds is 11. The van der Waals surface area contributed by atoms with Gasteiger partial charge in [0.25, 0.3) is 17.7 Å². The first kappa shape index (κ1) is 35.4. The van der Waals surface area contributed by atoms with Crippen molar-refractivity contribution in [1.29, 1.82) is 0 Å². The molecule has 0 bridgehead atoms. The van der Waals surface area contributed by atoms with Crippen LogP contribution in [-0.4, -0.2) is 73.8 Å². The molecule has 0 unspecified atom stereocenters. The lowest BCUT2D eigenvalue weighted by atomic mass is 9.82. The maximum atomic E-state index is 14.1. The number of carbonyl (C=O) groups excluding carboxylic acids is 4. The highest BCUT2D eigenvalue weighted by Crippen LogP contribution is 2.47.